The number of furan rings is 1. The Balaban J connectivity index is 1.16. The number of nitrogens with one attached hydrogen (secondary N) is 1. The van der Waals surface area contributed by atoms with Crippen molar-refractivity contribution in [3.05, 3.63) is 72.3 Å². The first-order valence-corrected chi connectivity index (χ1v) is 11.5. The fraction of sp³-hybridized carbons (Fsp3) is 0.357. The summed E-state index contributed by atoms with van der Waals surface area (Å²) in [6, 6.07) is 24.0. The van der Waals surface area contributed by atoms with Crippen LogP contribution < -0.4 is 5.32 Å². The van der Waals surface area contributed by atoms with Crippen molar-refractivity contribution in [3.8, 4) is 0 Å². The lowest BCUT2D eigenvalue weighted by atomic mass is 9.48. The maximum absolute atomic E-state index is 6.05. The van der Waals surface area contributed by atoms with Gasteiger partial charge in [-0.15, -0.1) is 0 Å². The van der Waals surface area contributed by atoms with E-state index in [-0.39, 0.29) is 0 Å². The molecule has 0 spiro atoms. The van der Waals surface area contributed by atoms with Crippen LogP contribution in [0.1, 0.15) is 44.1 Å². The monoisotopic (exact) mass is 393 g/mol. The number of para-hydroxylation sites is 1. The zero-order valence-electron chi connectivity index (χ0n) is 17.2. The van der Waals surface area contributed by atoms with Crippen LogP contribution in [0.3, 0.4) is 0 Å². The second kappa shape index (κ2) is 6.14. The molecular formula is C28H27NO. The predicted octanol–water partition coefficient (Wildman–Crippen LogP) is 7.80. The van der Waals surface area contributed by atoms with E-state index in [4.69, 9.17) is 4.42 Å². The highest BCUT2D eigenvalue weighted by molar-refractivity contribution is 6.05. The molecule has 2 heteroatoms. The van der Waals surface area contributed by atoms with E-state index in [2.05, 4.69) is 59.9 Å². The summed E-state index contributed by atoms with van der Waals surface area (Å²) in [7, 11) is 0. The number of fused-ring (bicyclic) bond motifs is 3. The Labute approximate surface area is 177 Å². The topological polar surface area (TPSA) is 25.2 Å². The van der Waals surface area contributed by atoms with Crippen molar-refractivity contribution in [3.63, 3.8) is 0 Å². The Morgan fingerprint density at radius 3 is 2.03 bits per heavy atom. The molecule has 2 nitrogen and oxygen atoms in total. The van der Waals surface area contributed by atoms with Crippen molar-refractivity contribution in [2.45, 2.75) is 43.9 Å². The Kier molecular flexibility index (Phi) is 3.48. The lowest BCUT2D eigenvalue weighted by molar-refractivity contribution is -0.00518. The minimum Gasteiger partial charge on any atom is -0.456 e. The van der Waals surface area contributed by atoms with E-state index < -0.39 is 0 Å². The van der Waals surface area contributed by atoms with E-state index in [1.54, 1.807) is 5.56 Å². The van der Waals surface area contributed by atoms with Crippen molar-refractivity contribution < 1.29 is 4.42 Å². The lowest BCUT2D eigenvalue weighted by Gasteiger charge is -2.57. The highest BCUT2D eigenvalue weighted by Crippen LogP contribution is 2.60. The van der Waals surface area contributed by atoms with Crippen LogP contribution in [-0.4, -0.2) is 0 Å². The van der Waals surface area contributed by atoms with Crippen LogP contribution in [0.15, 0.2) is 71.1 Å². The summed E-state index contributed by atoms with van der Waals surface area (Å²) in [5.41, 5.74) is 6.17. The fourth-order valence-electron chi connectivity index (χ4n) is 7.34. The average molecular weight is 394 g/mol. The van der Waals surface area contributed by atoms with Crippen LogP contribution in [0.5, 0.6) is 0 Å². The smallest absolute Gasteiger partial charge is 0.137 e. The molecular weight excluding hydrogens is 366 g/mol. The molecule has 0 aliphatic heterocycles. The summed E-state index contributed by atoms with van der Waals surface area (Å²) in [5.74, 6) is 2.97. The molecule has 1 N–H and O–H groups in total. The summed E-state index contributed by atoms with van der Waals surface area (Å²) >= 11 is 0. The normalized spacial score (nSPS) is 29.7. The van der Waals surface area contributed by atoms with Gasteiger partial charge in [0.1, 0.15) is 11.2 Å². The molecule has 4 bridgehead atoms. The third kappa shape index (κ3) is 2.56. The molecule has 30 heavy (non-hydrogen) atoms. The van der Waals surface area contributed by atoms with Gasteiger partial charge >= 0.3 is 0 Å². The van der Waals surface area contributed by atoms with Crippen LogP contribution in [-0.2, 0) is 5.41 Å². The van der Waals surface area contributed by atoms with Gasteiger partial charge in [0, 0.05) is 28.2 Å². The van der Waals surface area contributed by atoms with Crippen molar-refractivity contribution in [1.29, 1.82) is 0 Å². The van der Waals surface area contributed by atoms with Crippen molar-refractivity contribution >= 4 is 33.3 Å². The minimum absolute atomic E-state index is 0.473. The maximum atomic E-state index is 6.05. The SMILES string of the molecule is c1ccc2c(c1)oc1cc(Nc3ccc(C45CC6CC(CC(C6)C4)C5)cc3)ccc12. The van der Waals surface area contributed by atoms with E-state index in [1.165, 1.54) is 49.3 Å². The molecule has 4 fully saturated rings. The predicted molar refractivity (Wildman–Crippen MR) is 123 cm³/mol. The van der Waals surface area contributed by atoms with Gasteiger partial charge in [0.2, 0.25) is 0 Å². The summed E-state index contributed by atoms with van der Waals surface area (Å²) in [5, 5.41) is 5.94. The zero-order chi connectivity index (χ0) is 19.7. The van der Waals surface area contributed by atoms with Gasteiger partial charge in [-0.2, -0.15) is 0 Å². The van der Waals surface area contributed by atoms with E-state index in [9.17, 15) is 0 Å². The molecule has 0 radical (unpaired) electrons. The third-order valence-corrected chi connectivity index (χ3v) is 8.20. The molecule has 8 rings (SSSR count). The van der Waals surface area contributed by atoms with E-state index >= 15 is 0 Å². The first-order chi connectivity index (χ1) is 14.7. The van der Waals surface area contributed by atoms with Gasteiger partial charge in [0.15, 0.2) is 0 Å². The summed E-state index contributed by atoms with van der Waals surface area (Å²) in [6.45, 7) is 0. The molecule has 0 amide bonds. The van der Waals surface area contributed by atoms with Gasteiger partial charge in [-0.25, -0.2) is 0 Å². The highest BCUT2D eigenvalue weighted by atomic mass is 16.3. The van der Waals surface area contributed by atoms with E-state index in [0.717, 1.165) is 40.3 Å². The van der Waals surface area contributed by atoms with Crippen LogP contribution in [0.25, 0.3) is 21.9 Å². The van der Waals surface area contributed by atoms with Gasteiger partial charge in [0.05, 0.1) is 0 Å². The Bertz CT molecular complexity index is 1210. The van der Waals surface area contributed by atoms with Crippen molar-refractivity contribution in [2.75, 3.05) is 5.32 Å². The molecule has 3 aromatic carbocycles. The molecule has 4 aliphatic carbocycles. The fourth-order valence-corrected chi connectivity index (χ4v) is 7.34. The molecule has 4 aromatic rings. The van der Waals surface area contributed by atoms with Crippen LogP contribution in [0.4, 0.5) is 11.4 Å². The van der Waals surface area contributed by atoms with Gasteiger partial charge in [-0.1, -0.05) is 30.3 Å². The van der Waals surface area contributed by atoms with Gasteiger partial charge in [0.25, 0.3) is 0 Å². The van der Waals surface area contributed by atoms with Crippen molar-refractivity contribution in [2.24, 2.45) is 17.8 Å². The molecule has 4 saturated carbocycles. The maximum Gasteiger partial charge on any atom is 0.137 e. The van der Waals surface area contributed by atoms with Crippen LogP contribution >= 0.6 is 0 Å². The first-order valence-electron chi connectivity index (χ1n) is 11.5. The largest absolute Gasteiger partial charge is 0.456 e. The molecule has 1 aromatic heterocycles. The highest BCUT2D eigenvalue weighted by Gasteiger charge is 2.51. The number of benzene rings is 3. The van der Waals surface area contributed by atoms with Gasteiger partial charge in [-0.05, 0) is 97.6 Å². The standard InChI is InChI=1S/C28H27NO/c1-2-4-26-24(3-1)25-10-9-23(14-27(25)30-26)29-22-7-5-21(6-8-22)28-15-18-11-19(16-28)13-20(12-18)17-28/h1-10,14,18-20,29H,11-13,15-17H2. The number of hydrogen-bond donors (Lipinski definition) is 1. The number of hydrogen-bond acceptors (Lipinski definition) is 2. The van der Waals surface area contributed by atoms with E-state index in [0.29, 0.717) is 5.41 Å². The minimum atomic E-state index is 0.473. The summed E-state index contributed by atoms with van der Waals surface area (Å²) in [4.78, 5) is 0. The van der Waals surface area contributed by atoms with Gasteiger partial charge < -0.3 is 9.73 Å². The number of rotatable bonds is 3. The third-order valence-electron chi connectivity index (χ3n) is 8.20. The van der Waals surface area contributed by atoms with Crippen LogP contribution in [0.2, 0.25) is 0 Å². The Morgan fingerprint density at radius 2 is 1.30 bits per heavy atom. The molecule has 1 heterocycles. The molecule has 4 aliphatic rings. The second-order valence-electron chi connectivity index (χ2n) is 10.2. The summed E-state index contributed by atoms with van der Waals surface area (Å²) < 4.78 is 6.05. The zero-order valence-corrected chi connectivity index (χ0v) is 17.2. The number of anilines is 2. The molecule has 0 unspecified atom stereocenters. The summed E-state index contributed by atoms with van der Waals surface area (Å²) in [6.07, 6.45) is 8.78. The van der Waals surface area contributed by atoms with E-state index in [1.807, 2.05) is 12.1 Å². The quantitative estimate of drug-likeness (QED) is 0.384. The Morgan fingerprint density at radius 1 is 0.667 bits per heavy atom. The van der Waals surface area contributed by atoms with Gasteiger partial charge in [-0.3, -0.25) is 0 Å². The molecule has 150 valence electrons. The Hall–Kier alpha value is -2.74. The average Bonchev–Trinajstić information content (AvgIpc) is 3.11. The lowest BCUT2D eigenvalue weighted by Crippen LogP contribution is -2.48. The second-order valence-corrected chi connectivity index (χ2v) is 10.2. The van der Waals surface area contributed by atoms with Crippen molar-refractivity contribution in [1.82, 2.24) is 0 Å². The first kappa shape index (κ1) is 17.0. The molecule has 0 atom stereocenters. The molecule has 0 saturated heterocycles. The van der Waals surface area contributed by atoms with Crippen LogP contribution in [0, 0.1) is 17.8 Å².